The summed E-state index contributed by atoms with van der Waals surface area (Å²) in [4.78, 5) is 20.6. The maximum Gasteiger partial charge on any atom is 0.523 e. The molecule has 0 heterocycles. The first-order valence-corrected chi connectivity index (χ1v) is 5.51. The van der Waals surface area contributed by atoms with E-state index >= 15 is 0 Å². The van der Waals surface area contributed by atoms with E-state index in [9.17, 15) is 9.59 Å². The first-order chi connectivity index (χ1) is 8.20. The van der Waals surface area contributed by atoms with Gasteiger partial charge < -0.3 is 14.2 Å². The topological polar surface area (TPSA) is 61.8 Å². The average Bonchev–Trinajstić information content (AvgIpc) is 2.32. The van der Waals surface area contributed by atoms with Crippen molar-refractivity contribution >= 4 is 12.3 Å². The molecule has 0 N–H and O–H groups in total. The van der Waals surface area contributed by atoms with Gasteiger partial charge in [-0.2, -0.15) is 0 Å². The van der Waals surface area contributed by atoms with Crippen LogP contribution in [0.15, 0.2) is 25.7 Å². The van der Waals surface area contributed by atoms with Gasteiger partial charge in [-0.1, -0.05) is 51.7 Å². The molecule has 1 aliphatic rings. The Morgan fingerprint density at radius 1 is 0.765 bits per heavy atom. The molecule has 0 amide bonds. The molecule has 5 nitrogen and oxygen atoms in total. The van der Waals surface area contributed by atoms with Crippen molar-refractivity contribution in [1.82, 2.24) is 0 Å². The van der Waals surface area contributed by atoms with Gasteiger partial charge in [0.25, 0.3) is 0 Å². The lowest BCUT2D eigenvalue weighted by molar-refractivity contribution is 0.0718. The molecule has 0 spiro atoms. The molecule has 17 heavy (non-hydrogen) atoms. The van der Waals surface area contributed by atoms with Crippen molar-refractivity contribution in [3.05, 3.63) is 25.7 Å². The molecule has 96 valence electrons. The second-order valence-corrected chi connectivity index (χ2v) is 3.29. The molecule has 1 saturated carbocycles. The molecule has 0 radical (unpaired) electrons. The van der Waals surface area contributed by atoms with E-state index in [0.717, 1.165) is 12.5 Å². The minimum Gasteiger partial charge on any atom is -0.403 e. The van der Waals surface area contributed by atoms with E-state index in [4.69, 9.17) is 0 Å². The molecule has 1 fully saturated rings. The summed E-state index contributed by atoms with van der Waals surface area (Å²) >= 11 is 0. The van der Waals surface area contributed by atoms with Crippen LogP contribution in [0, 0.1) is 0 Å². The fraction of sp³-hybridized carbons (Fsp3) is 0.500. The Balaban J connectivity index is 0.000000354. The van der Waals surface area contributed by atoms with Gasteiger partial charge in [-0.15, -0.1) is 0 Å². The maximum atomic E-state index is 10.3. The first-order valence-electron chi connectivity index (χ1n) is 5.51. The lowest BCUT2D eigenvalue weighted by Gasteiger charge is -2.05. The minimum atomic E-state index is -1.20. The van der Waals surface area contributed by atoms with Crippen LogP contribution in [-0.2, 0) is 14.2 Å². The smallest absolute Gasteiger partial charge is 0.403 e. The summed E-state index contributed by atoms with van der Waals surface area (Å²) in [7, 11) is 0. The van der Waals surface area contributed by atoms with Gasteiger partial charge in [0.15, 0.2) is 0 Å². The lowest BCUT2D eigenvalue weighted by atomic mass is 10.0. The number of ether oxygens (including phenoxy) is 3. The zero-order chi connectivity index (χ0) is 12.9. The Bertz CT molecular complexity index is 224. The van der Waals surface area contributed by atoms with Crippen molar-refractivity contribution in [2.24, 2.45) is 0 Å². The molecule has 0 unspecified atom stereocenters. The van der Waals surface area contributed by atoms with E-state index in [1.807, 2.05) is 0 Å². The van der Waals surface area contributed by atoms with Crippen LogP contribution >= 0.6 is 0 Å². The average molecular weight is 242 g/mol. The van der Waals surface area contributed by atoms with Crippen molar-refractivity contribution in [3.63, 3.8) is 0 Å². The van der Waals surface area contributed by atoms with E-state index in [1.54, 1.807) is 0 Å². The molecule has 0 aromatic rings. The highest BCUT2D eigenvalue weighted by Crippen LogP contribution is 2.15. The van der Waals surface area contributed by atoms with Crippen molar-refractivity contribution in [2.75, 3.05) is 0 Å². The third-order valence-corrected chi connectivity index (χ3v) is 2.03. The molecule has 0 aromatic carbocycles. The van der Waals surface area contributed by atoms with E-state index in [0.29, 0.717) is 0 Å². The fourth-order valence-corrected chi connectivity index (χ4v) is 1.31. The van der Waals surface area contributed by atoms with E-state index in [2.05, 4.69) is 27.4 Å². The Morgan fingerprint density at radius 2 is 1.06 bits per heavy atom. The highest BCUT2D eigenvalue weighted by atomic mass is 16.8. The van der Waals surface area contributed by atoms with Gasteiger partial charge in [0, 0.05) is 0 Å². The molecule has 0 saturated heterocycles. The Morgan fingerprint density at radius 3 is 1.29 bits per heavy atom. The molecule has 1 aliphatic carbocycles. The summed E-state index contributed by atoms with van der Waals surface area (Å²) in [6.45, 7) is 6.12. The van der Waals surface area contributed by atoms with Gasteiger partial charge >= 0.3 is 12.3 Å². The normalized spacial score (nSPS) is 13.4. The van der Waals surface area contributed by atoms with Gasteiger partial charge in [-0.05, 0) is 0 Å². The molecule has 5 heteroatoms. The van der Waals surface area contributed by atoms with Gasteiger partial charge in [0.05, 0.1) is 12.5 Å². The van der Waals surface area contributed by atoms with Crippen LogP contribution in [0.4, 0.5) is 9.59 Å². The minimum absolute atomic E-state index is 0.823. The van der Waals surface area contributed by atoms with Crippen molar-refractivity contribution in [1.29, 1.82) is 0 Å². The fourth-order valence-electron chi connectivity index (χ4n) is 1.31. The zero-order valence-electron chi connectivity index (χ0n) is 9.85. The van der Waals surface area contributed by atoms with E-state index in [1.165, 1.54) is 38.5 Å². The van der Waals surface area contributed by atoms with Crippen LogP contribution in [0.2, 0.25) is 0 Å². The maximum absolute atomic E-state index is 10.3. The molecule has 0 aromatic heterocycles. The third-order valence-electron chi connectivity index (χ3n) is 2.03. The molecular weight excluding hydrogens is 224 g/mol. The summed E-state index contributed by atoms with van der Waals surface area (Å²) in [5.41, 5.74) is 0. The Hall–Kier alpha value is -1.78. The van der Waals surface area contributed by atoms with Gasteiger partial charge in [0.1, 0.15) is 0 Å². The summed E-state index contributed by atoms with van der Waals surface area (Å²) < 4.78 is 11.9. The highest BCUT2D eigenvalue weighted by molar-refractivity contribution is 5.77. The molecule has 0 atom stereocenters. The monoisotopic (exact) mass is 242 g/mol. The van der Waals surface area contributed by atoms with Crippen LogP contribution in [-0.4, -0.2) is 12.3 Å². The van der Waals surface area contributed by atoms with E-state index in [-0.39, 0.29) is 0 Å². The largest absolute Gasteiger partial charge is 0.523 e. The molecule has 0 aliphatic heterocycles. The van der Waals surface area contributed by atoms with Gasteiger partial charge in [-0.3, -0.25) is 0 Å². The van der Waals surface area contributed by atoms with Gasteiger partial charge in [0.2, 0.25) is 0 Å². The second-order valence-electron chi connectivity index (χ2n) is 3.29. The van der Waals surface area contributed by atoms with Crippen molar-refractivity contribution in [3.8, 4) is 0 Å². The first kappa shape index (κ1) is 15.2. The van der Waals surface area contributed by atoms with Crippen molar-refractivity contribution < 1.29 is 23.8 Å². The second kappa shape index (κ2) is 10.7. The SMILES string of the molecule is C1CCCCC1.C=COC(=O)OC(=O)OC=C. The summed E-state index contributed by atoms with van der Waals surface area (Å²) in [5, 5.41) is 0. The quantitative estimate of drug-likeness (QED) is 0.417. The number of hydrogen-bond acceptors (Lipinski definition) is 5. The van der Waals surface area contributed by atoms with Crippen molar-refractivity contribution in [2.45, 2.75) is 38.5 Å². The Kier molecular flexibility index (Phi) is 9.61. The number of hydrogen-bond donors (Lipinski definition) is 0. The molecular formula is C12H18O5. The van der Waals surface area contributed by atoms with Crippen LogP contribution < -0.4 is 0 Å². The third kappa shape index (κ3) is 10.5. The van der Waals surface area contributed by atoms with Gasteiger partial charge in [-0.25, -0.2) is 9.59 Å². The highest BCUT2D eigenvalue weighted by Gasteiger charge is 2.09. The van der Waals surface area contributed by atoms with Crippen LogP contribution in [0.1, 0.15) is 38.5 Å². The van der Waals surface area contributed by atoms with Crippen LogP contribution in [0.5, 0.6) is 0 Å². The number of carbonyl (C=O) groups is 2. The van der Waals surface area contributed by atoms with E-state index < -0.39 is 12.3 Å². The zero-order valence-corrected chi connectivity index (χ0v) is 9.85. The number of rotatable bonds is 2. The predicted octanol–water partition coefficient (Wildman–Crippen LogP) is 3.90. The predicted molar refractivity (Wildman–Crippen MR) is 62.1 cm³/mol. The molecule has 0 bridgehead atoms. The summed E-state index contributed by atoms with van der Waals surface area (Å²) in [5.74, 6) is 0. The summed E-state index contributed by atoms with van der Waals surface area (Å²) in [6, 6.07) is 0. The number of carbonyl (C=O) groups excluding carboxylic acids is 2. The lowest BCUT2D eigenvalue weighted by Crippen LogP contribution is -2.10. The van der Waals surface area contributed by atoms with Crippen LogP contribution in [0.25, 0.3) is 0 Å². The summed E-state index contributed by atoms with van der Waals surface area (Å²) in [6.07, 6.45) is 8.24. The molecule has 1 rings (SSSR count). The Labute approximate surface area is 101 Å². The van der Waals surface area contributed by atoms with Crippen LogP contribution in [0.3, 0.4) is 0 Å². The standard InChI is InChI=1S/C6H6O5.C6H12/c1-3-9-5(7)11-6(8)10-4-2;1-2-4-6-5-3-1/h3-4H,1-2H2;1-6H2.